The summed E-state index contributed by atoms with van der Waals surface area (Å²) >= 11 is 0. The van der Waals surface area contributed by atoms with Crippen LogP contribution < -0.4 is 10.4 Å². The SMILES string of the molecule is O=C([O-])CCCNC(=O)C1(S(=O)(=O)c2ccccc2)CCCC1. The number of hydrogen-bond donors (Lipinski definition) is 1. The number of nitrogens with one attached hydrogen (secondary N) is 1. The van der Waals surface area contributed by atoms with Crippen molar-refractivity contribution in [1.29, 1.82) is 0 Å². The van der Waals surface area contributed by atoms with Crippen LogP contribution in [0.15, 0.2) is 35.2 Å². The maximum absolute atomic E-state index is 13.0. The molecule has 1 aliphatic carbocycles. The van der Waals surface area contributed by atoms with Gasteiger partial charge >= 0.3 is 0 Å². The molecule has 0 saturated heterocycles. The Kier molecular flexibility index (Phi) is 5.41. The maximum atomic E-state index is 13.0. The van der Waals surface area contributed by atoms with Gasteiger partial charge in [0.15, 0.2) is 14.6 Å². The molecule has 1 aliphatic rings. The van der Waals surface area contributed by atoms with E-state index < -0.39 is 26.5 Å². The number of carbonyl (C=O) groups excluding carboxylic acids is 2. The highest BCUT2D eigenvalue weighted by Gasteiger charge is 2.52. The van der Waals surface area contributed by atoms with E-state index in [4.69, 9.17) is 0 Å². The second-order valence-electron chi connectivity index (χ2n) is 5.75. The Morgan fingerprint density at radius 2 is 1.74 bits per heavy atom. The predicted molar refractivity (Wildman–Crippen MR) is 82.1 cm³/mol. The van der Waals surface area contributed by atoms with Crippen molar-refractivity contribution >= 4 is 21.7 Å². The summed E-state index contributed by atoms with van der Waals surface area (Å²) < 4.78 is 24.5. The van der Waals surface area contributed by atoms with E-state index in [0.717, 1.165) is 0 Å². The summed E-state index contributed by atoms with van der Waals surface area (Å²) in [6.45, 7) is 0.124. The van der Waals surface area contributed by atoms with E-state index >= 15 is 0 Å². The van der Waals surface area contributed by atoms with Crippen molar-refractivity contribution in [2.45, 2.75) is 48.2 Å². The van der Waals surface area contributed by atoms with E-state index in [-0.39, 0.29) is 37.1 Å². The van der Waals surface area contributed by atoms with Gasteiger partial charge in [-0.05, 0) is 37.8 Å². The van der Waals surface area contributed by atoms with Gasteiger partial charge in [-0.2, -0.15) is 0 Å². The van der Waals surface area contributed by atoms with Crippen LogP contribution in [-0.2, 0) is 19.4 Å². The molecule has 1 N–H and O–H groups in total. The molecule has 0 bridgehead atoms. The minimum absolute atomic E-state index is 0.124. The molecule has 1 aromatic carbocycles. The number of carboxylic acids is 1. The second kappa shape index (κ2) is 7.12. The van der Waals surface area contributed by atoms with Gasteiger partial charge in [0, 0.05) is 12.5 Å². The molecule has 0 atom stereocenters. The first-order chi connectivity index (χ1) is 10.9. The number of aliphatic carboxylic acids is 1. The number of hydrogen-bond acceptors (Lipinski definition) is 5. The van der Waals surface area contributed by atoms with Gasteiger partial charge in [-0.1, -0.05) is 31.0 Å². The summed E-state index contributed by atoms with van der Waals surface area (Å²) in [6, 6.07) is 7.98. The molecule has 6 nitrogen and oxygen atoms in total. The zero-order chi connectivity index (χ0) is 16.9. The van der Waals surface area contributed by atoms with Crippen LogP contribution in [0.3, 0.4) is 0 Å². The number of benzene rings is 1. The van der Waals surface area contributed by atoms with Crippen molar-refractivity contribution in [2.75, 3.05) is 6.54 Å². The fraction of sp³-hybridized carbons (Fsp3) is 0.500. The summed E-state index contributed by atoms with van der Waals surface area (Å²) in [6.07, 6.45) is 1.98. The fourth-order valence-corrected chi connectivity index (χ4v) is 5.09. The summed E-state index contributed by atoms with van der Waals surface area (Å²) in [5, 5.41) is 13.0. The molecule has 1 amide bonds. The molecule has 0 radical (unpaired) electrons. The third-order valence-electron chi connectivity index (χ3n) is 4.24. The smallest absolute Gasteiger partial charge is 0.241 e. The Bertz CT molecular complexity index is 663. The monoisotopic (exact) mass is 338 g/mol. The highest BCUT2D eigenvalue weighted by Crippen LogP contribution is 2.40. The van der Waals surface area contributed by atoms with Crippen LogP contribution in [0.4, 0.5) is 0 Å². The van der Waals surface area contributed by atoms with Crippen molar-refractivity contribution in [3.05, 3.63) is 30.3 Å². The van der Waals surface area contributed by atoms with E-state index in [2.05, 4.69) is 5.32 Å². The lowest BCUT2D eigenvalue weighted by molar-refractivity contribution is -0.305. The molecule has 126 valence electrons. The fourth-order valence-electron chi connectivity index (χ4n) is 2.98. The van der Waals surface area contributed by atoms with Crippen LogP contribution in [0.25, 0.3) is 0 Å². The molecule has 0 aromatic heterocycles. The average molecular weight is 338 g/mol. The van der Waals surface area contributed by atoms with Gasteiger partial charge in [-0.3, -0.25) is 4.79 Å². The van der Waals surface area contributed by atoms with E-state index in [0.29, 0.717) is 12.8 Å². The Balaban J connectivity index is 2.19. The van der Waals surface area contributed by atoms with Gasteiger partial charge in [0.2, 0.25) is 5.91 Å². The van der Waals surface area contributed by atoms with Crippen molar-refractivity contribution in [1.82, 2.24) is 5.32 Å². The van der Waals surface area contributed by atoms with Crippen molar-refractivity contribution < 1.29 is 23.1 Å². The van der Waals surface area contributed by atoms with E-state index in [1.54, 1.807) is 18.2 Å². The second-order valence-corrected chi connectivity index (χ2v) is 8.01. The highest BCUT2D eigenvalue weighted by molar-refractivity contribution is 7.93. The van der Waals surface area contributed by atoms with Crippen LogP contribution >= 0.6 is 0 Å². The number of sulfone groups is 1. The van der Waals surface area contributed by atoms with Gasteiger partial charge in [0.1, 0.15) is 0 Å². The standard InChI is InChI=1S/C16H21NO5S/c18-14(19)9-6-12-17-15(20)16(10-4-5-11-16)23(21,22)13-7-2-1-3-8-13/h1-3,7-8H,4-6,9-12H2,(H,17,20)(H,18,19)/p-1. The Labute approximate surface area is 135 Å². The highest BCUT2D eigenvalue weighted by atomic mass is 32.2. The molecule has 23 heavy (non-hydrogen) atoms. The summed E-state index contributed by atoms with van der Waals surface area (Å²) in [4.78, 5) is 23.1. The molecule has 0 aliphatic heterocycles. The van der Waals surface area contributed by atoms with Crippen LogP contribution in [0.5, 0.6) is 0 Å². The van der Waals surface area contributed by atoms with E-state index in [1.807, 2.05) is 0 Å². The molecule has 0 unspecified atom stereocenters. The Hall–Kier alpha value is -1.89. The predicted octanol–water partition coefficient (Wildman–Crippen LogP) is 0.419. The van der Waals surface area contributed by atoms with Crippen LogP contribution in [0.1, 0.15) is 38.5 Å². The largest absolute Gasteiger partial charge is 0.550 e. The first-order valence-corrected chi connectivity index (χ1v) is 9.16. The summed E-state index contributed by atoms with van der Waals surface area (Å²) in [5.41, 5.74) is 0. The first kappa shape index (κ1) is 17.5. The molecular weight excluding hydrogens is 318 g/mol. The van der Waals surface area contributed by atoms with Gasteiger partial charge in [0.05, 0.1) is 4.90 Å². The van der Waals surface area contributed by atoms with Crippen LogP contribution in [0.2, 0.25) is 0 Å². The first-order valence-electron chi connectivity index (χ1n) is 7.68. The summed E-state index contributed by atoms with van der Waals surface area (Å²) in [7, 11) is -3.79. The third-order valence-corrected chi connectivity index (χ3v) is 6.75. The molecular formula is C16H20NO5S-. The summed E-state index contributed by atoms with van der Waals surface area (Å²) in [5.74, 6) is -1.72. The quantitative estimate of drug-likeness (QED) is 0.726. The maximum Gasteiger partial charge on any atom is 0.241 e. The zero-order valence-electron chi connectivity index (χ0n) is 12.8. The van der Waals surface area contributed by atoms with Crippen LogP contribution in [-0.4, -0.2) is 31.6 Å². The molecule has 2 rings (SSSR count). The molecule has 1 aromatic rings. The third kappa shape index (κ3) is 3.55. The molecule has 1 fully saturated rings. The molecule has 7 heteroatoms. The molecule has 1 saturated carbocycles. The Morgan fingerprint density at radius 3 is 2.30 bits per heavy atom. The average Bonchev–Trinajstić information content (AvgIpc) is 3.03. The van der Waals surface area contributed by atoms with E-state index in [1.165, 1.54) is 12.1 Å². The minimum atomic E-state index is -3.79. The van der Waals surface area contributed by atoms with Crippen molar-refractivity contribution in [2.24, 2.45) is 0 Å². The zero-order valence-corrected chi connectivity index (χ0v) is 13.6. The molecule has 0 spiro atoms. The van der Waals surface area contributed by atoms with Gasteiger partial charge in [-0.15, -0.1) is 0 Å². The minimum Gasteiger partial charge on any atom is -0.550 e. The Morgan fingerprint density at radius 1 is 1.13 bits per heavy atom. The number of amides is 1. The van der Waals surface area contributed by atoms with Crippen LogP contribution in [0, 0.1) is 0 Å². The van der Waals surface area contributed by atoms with Gasteiger partial charge in [0.25, 0.3) is 0 Å². The lowest BCUT2D eigenvalue weighted by Gasteiger charge is -2.27. The van der Waals surface area contributed by atoms with Crippen molar-refractivity contribution in [3.8, 4) is 0 Å². The lowest BCUT2D eigenvalue weighted by atomic mass is 10.1. The topological polar surface area (TPSA) is 103 Å². The number of rotatable bonds is 7. The number of carbonyl (C=O) groups is 2. The van der Waals surface area contributed by atoms with Crippen molar-refractivity contribution in [3.63, 3.8) is 0 Å². The van der Waals surface area contributed by atoms with Gasteiger partial charge < -0.3 is 15.2 Å². The normalized spacial score (nSPS) is 16.9. The van der Waals surface area contributed by atoms with E-state index in [9.17, 15) is 23.1 Å². The molecule has 0 heterocycles. The lowest BCUT2D eigenvalue weighted by Crippen LogP contribution is -2.50. The van der Waals surface area contributed by atoms with Gasteiger partial charge in [-0.25, -0.2) is 8.42 Å². The number of carboxylic acid groups (broad SMARTS) is 1.